The van der Waals surface area contributed by atoms with Crippen LogP contribution in [-0.2, 0) is 0 Å². The minimum atomic E-state index is 0.241. The van der Waals surface area contributed by atoms with Crippen molar-refractivity contribution in [3.8, 4) is 17.1 Å². The van der Waals surface area contributed by atoms with Crippen molar-refractivity contribution < 1.29 is 5.11 Å². The number of phenolic OH excluding ortho intramolecular Hbond substituents is 1. The van der Waals surface area contributed by atoms with E-state index in [1.54, 1.807) is 28.6 Å². The van der Waals surface area contributed by atoms with Crippen LogP contribution < -0.4 is 0 Å². The second-order valence-electron chi connectivity index (χ2n) is 5.46. The number of hydrogen-bond donors (Lipinski definition) is 1. The van der Waals surface area contributed by atoms with E-state index >= 15 is 0 Å². The maximum atomic E-state index is 9.44. The number of rotatable bonds is 2. The van der Waals surface area contributed by atoms with Gasteiger partial charge >= 0.3 is 0 Å². The van der Waals surface area contributed by atoms with E-state index in [1.165, 1.54) is 0 Å². The van der Waals surface area contributed by atoms with Crippen LogP contribution in [0.25, 0.3) is 11.4 Å². The lowest BCUT2D eigenvalue weighted by molar-refractivity contribution is 0.475. The highest BCUT2D eigenvalue weighted by molar-refractivity contribution is 7.99. The normalized spacial score (nSPS) is 13.5. The van der Waals surface area contributed by atoms with Crippen molar-refractivity contribution >= 4 is 29.1 Å². The molecular weight excluding hydrogens is 344 g/mol. The lowest BCUT2D eigenvalue weighted by Crippen LogP contribution is -2.13. The molecule has 1 aromatic heterocycles. The first-order valence-electron chi connectivity index (χ1n) is 7.34. The van der Waals surface area contributed by atoms with Crippen LogP contribution in [0.15, 0.2) is 52.7 Å². The number of phenols is 1. The molecule has 0 aliphatic carbocycles. The van der Waals surface area contributed by atoms with Crippen LogP contribution >= 0.6 is 23.4 Å². The van der Waals surface area contributed by atoms with Crippen LogP contribution in [0.4, 0.5) is 0 Å². The molecule has 0 atom stereocenters. The highest BCUT2D eigenvalue weighted by Gasteiger charge is 2.21. The van der Waals surface area contributed by atoms with Crippen molar-refractivity contribution in [2.75, 3.05) is 5.75 Å². The molecule has 1 N–H and O–H groups in total. The molecule has 4 rings (SSSR count). The second kappa shape index (κ2) is 5.96. The third-order valence-electron chi connectivity index (χ3n) is 3.80. The zero-order chi connectivity index (χ0) is 16.7. The Morgan fingerprint density at radius 3 is 2.67 bits per heavy atom. The molecule has 0 bridgehead atoms. The Kier molecular flexibility index (Phi) is 3.78. The topological polar surface area (TPSA) is 63.3 Å². The van der Waals surface area contributed by atoms with E-state index in [4.69, 9.17) is 16.7 Å². The molecular formula is C17H13ClN4OS. The predicted octanol–water partition coefficient (Wildman–Crippen LogP) is 3.97. The Balaban J connectivity index is 1.80. The molecule has 24 heavy (non-hydrogen) atoms. The van der Waals surface area contributed by atoms with Gasteiger partial charge in [0.05, 0.1) is 5.71 Å². The van der Waals surface area contributed by atoms with E-state index in [-0.39, 0.29) is 5.75 Å². The summed E-state index contributed by atoms with van der Waals surface area (Å²) in [5.74, 6) is 1.65. The Morgan fingerprint density at radius 1 is 1.12 bits per heavy atom. The van der Waals surface area contributed by atoms with Crippen molar-refractivity contribution in [2.45, 2.75) is 12.1 Å². The van der Waals surface area contributed by atoms with E-state index in [2.05, 4.69) is 10.2 Å². The molecule has 0 amide bonds. The van der Waals surface area contributed by atoms with Gasteiger partial charge in [0.15, 0.2) is 5.82 Å². The Morgan fingerprint density at radius 2 is 1.92 bits per heavy atom. The maximum Gasteiger partial charge on any atom is 0.212 e. The van der Waals surface area contributed by atoms with Gasteiger partial charge in [-0.3, -0.25) is 0 Å². The molecule has 120 valence electrons. The summed E-state index contributed by atoms with van der Waals surface area (Å²) >= 11 is 7.63. The number of halogens is 1. The number of thioether (sulfide) groups is 1. The number of aromatic hydroxyl groups is 1. The fraction of sp³-hybridized carbons (Fsp3) is 0.118. The minimum Gasteiger partial charge on any atom is -0.508 e. The predicted molar refractivity (Wildman–Crippen MR) is 96.0 cm³/mol. The van der Waals surface area contributed by atoms with Crippen LogP contribution in [-0.4, -0.2) is 31.4 Å². The highest BCUT2D eigenvalue weighted by atomic mass is 35.5. The summed E-state index contributed by atoms with van der Waals surface area (Å²) in [6, 6.07) is 12.7. The summed E-state index contributed by atoms with van der Waals surface area (Å²) < 4.78 is 1.77. The lowest BCUT2D eigenvalue weighted by Gasteiger charge is -2.14. The average molecular weight is 357 g/mol. The number of benzene rings is 2. The van der Waals surface area contributed by atoms with Gasteiger partial charge in [-0.15, -0.1) is 10.2 Å². The van der Waals surface area contributed by atoms with Gasteiger partial charge in [0.25, 0.3) is 0 Å². The Bertz CT molecular complexity index is 950. The molecule has 3 aromatic rings. The monoisotopic (exact) mass is 356 g/mol. The van der Waals surface area contributed by atoms with Crippen LogP contribution in [0.3, 0.4) is 0 Å². The zero-order valence-corrected chi connectivity index (χ0v) is 14.3. The van der Waals surface area contributed by atoms with Crippen molar-refractivity contribution in [1.29, 1.82) is 0 Å². The van der Waals surface area contributed by atoms with Gasteiger partial charge in [0, 0.05) is 16.3 Å². The molecule has 5 nitrogen and oxygen atoms in total. The van der Waals surface area contributed by atoms with Crippen molar-refractivity contribution in [3.05, 3.63) is 58.6 Å². The van der Waals surface area contributed by atoms with Crippen molar-refractivity contribution in [1.82, 2.24) is 14.9 Å². The molecule has 0 unspecified atom stereocenters. The largest absolute Gasteiger partial charge is 0.508 e. The number of fused-ring (bicyclic) bond motifs is 1. The summed E-state index contributed by atoms with van der Waals surface area (Å²) in [5.41, 5.74) is 3.86. The molecule has 0 fully saturated rings. The average Bonchev–Trinajstić information content (AvgIpc) is 2.98. The molecule has 0 radical (unpaired) electrons. The molecule has 0 saturated heterocycles. The first-order valence-corrected chi connectivity index (χ1v) is 8.70. The number of aryl methyl sites for hydroxylation is 1. The third-order valence-corrected chi connectivity index (χ3v) is 4.97. The lowest BCUT2D eigenvalue weighted by atomic mass is 10.1. The number of nitrogens with zero attached hydrogens (tertiary/aromatic N) is 4. The molecule has 1 aliphatic rings. The van der Waals surface area contributed by atoms with Crippen molar-refractivity contribution in [2.24, 2.45) is 5.10 Å². The van der Waals surface area contributed by atoms with E-state index < -0.39 is 0 Å². The molecule has 0 spiro atoms. The third kappa shape index (κ3) is 2.68. The van der Waals surface area contributed by atoms with E-state index in [1.807, 2.05) is 37.3 Å². The summed E-state index contributed by atoms with van der Waals surface area (Å²) in [4.78, 5) is 0. The quantitative estimate of drug-likeness (QED) is 0.754. The van der Waals surface area contributed by atoms with E-state index in [0.29, 0.717) is 16.6 Å². The minimum absolute atomic E-state index is 0.241. The second-order valence-corrected chi connectivity index (χ2v) is 6.84. The fourth-order valence-corrected chi connectivity index (χ4v) is 3.63. The zero-order valence-electron chi connectivity index (χ0n) is 12.8. The van der Waals surface area contributed by atoms with Gasteiger partial charge in [-0.1, -0.05) is 23.4 Å². The summed E-state index contributed by atoms with van der Waals surface area (Å²) in [6.45, 7) is 1.99. The first-order chi connectivity index (χ1) is 11.6. The molecule has 1 aliphatic heterocycles. The Hall–Kier alpha value is -2.31. The van der Waals surface area contributed by atoms with Gasteiger partial charge in [0.2, 0.25) is 5.16 Å². The van der Waals surface area contributed by atoms with Crippen molar-refractivity contribution in [3.63, 3.8) is 0 Å². The maximum absolute atomic E-state index is 9.44. The standard InChI is InChI=1S/C17H13ClN4OS/c1-10-8-12(18)4-7-14(10)16-19-20-17-22(16)21-15(9-24-17)11-2-5-13(23)6-3-11/h2-8,23H,9H2,1H3. The first kappa shape index (κ1) is 15.2. The van der Waals surface area contributed by atoms with Crippen LogP contribution in [0.5, 0.6) is 5.75 Å². The van der Waals surface area contributed by atoms with E-state index in [9.17, 15) is 5.11 Å². The highest BCUT2D eigenvalue weighted by Crippen LogP contribution is 2.31. The van der Waals surface area contributed by atoms with Crippen LogP contribution in [0.2, 0.25) is 5.02 Å². The number of aromatic nitrogens is 3. The summed E-state index contributed by atoms with van der Waals surface area (Å²) in [5, 5.41) is 24.2. The SMILES string of the molecule is Cc1cc(Cl)ccc1-c1nnc2n1N=C(c1ccc(O)cc1)CS2. The smallest absolute Gasteiger partial charge is 0.212 e. The van der Waals surface area contributed by atoms with Gasteiger partial charge < -0.3 is 5.11 Å². The van der Waals surface area contributed by atoms with Gasteiger partial charge in [-0.2, -0.15) is 9.78 Å². The van der Waals surface area contributed by atoms with Crippen LogP contribution in [0.1, 0.15) is 11.1 Å². The molecule has 2 aromatic carbocycles. The Labute approximate surface area is 148 Å². The van der Waals surface area contributed by atoms with Gasteiger partial charge in [-0.05, 0) is 60.5 Å². The molecule has 2 heterocycles. The number of hydrogen-bond acceptors (Lipinski definition) is 5. The van der Waals surface area contributed by atoms with Crippen LogP contribution in [0, 0.1) is 6.92 Å². The van der Waals surface area contributed by atoms with Gasteiger partial charge in [0.1, 0.15) is 5.75 Å². The van der Waals surface area contributed by atoms with Gasteiger partial charge in [-0.25, -0.2) is 0 Å². The summed E-state index contributed by atoms with van der Waals surface area (Å²) in [7, 11) is 0. The molecule has 7 heteroatoms. The van der Waals surface area contributed by atoms with E-state index in [0.717, 1.165) is 27.6 Å². The molecule has 0 saturated carbocycles. The summed E-state index contributed by atoms with van der Waals surface area (Å²) in [6.07, 6.45) is 0. The fourth-order valence-electron chi connectivity index (χ4n) is 2.57.